The van der Waals surface area contributed by atoms with Gasteiger partial charge in [-0.25, -0.2) is 15.0 Å². The number of rotatable bonds is 7. The minimum absolute atomic E-state index is 0.263. The molecule has 1 unspecified atom stereocenters. The van der Waals surface area contributed by atoms with Gasteiger partial charge in [-0.3, -0.25) is 0 Å². The van der Waals surface area contributed by atoms with Crippen molar-refractivity contribution in [1.82, 2.24) is 19.5 Å². The molecule has 6 heteroatoms. The summed E-state index contributed by atoms with van der Waals surface area (Å²) in [6.45, 7) is 8.02. The van der Waals surface area contributed by atoms with Crippen LogP contribution in [0.5, 0.6) is 0 Å². The van der Waals surface area contributed by atoms with Gasteiger partial charge >= 0.3 is 0 Å². The SMILES string of the molecule is CCNc1ncnc(NC(C)Cn2ccnc2)c1CC. The number of imidazole rings is 1. The molecule has 20 heavy (non-hydrogen) atoms. The van der Waals surface area contributed by atoms with E-state index in [0.717, 1.165) is 36.7 Å². The third-order valence-corrected chi connectivity index (χ3v) is 3.07. The first-order chi connectivity index (χ1) is 9.74. The third kappa shape index (κ3) is 3.46. The number of anilines is 2. The zero-order chi connectivity index (χ0) is 14.4. The fourth-order valence-corrected chi connectivity index (χ4v) is 2.18. The summed E-state index contributed by atoms with van der Waals surface area (Å²) in [5.41, 5.74) is 1.13. The Morgan fingerprint density at radius 3 is 2.70 bits per heavy atom. The number of nitrogens with one attached hydrogen (secondary N) is 2. The molecule has 0 radical (unpaired) electrons. The molecule has 0 aliphatic rings. The number of nitrogens with zero attached hydrogens (tertiary/aromatic N) is 4. The average Bonchev–Trinajstić information content (AvgIpc) is 2.92. The summed E-state index contributed by atoms with van der Waals surface area (Å²) in [5, 5.41) is 6.74. The summed E-state index contributed by atoms with van der Waals surface area (Å²) < 4.78 is 2.05. The Hall–Kier alpha value is -2.11. The van der Waals surface area contributed by atoms with E-state index >= 15 is 0 Å². The van der Waals surface area contributed by atoms with Crippen LogP contribution < -0.4 is 10.6 Å². The molecule has 6 nitrogen and oxygen atoms in total. The summed E-state index contributed by atoms with van der Waals surface area (Å²) in [7, 11) is 0. The van der Waals surface area contributed by atoms with Crippen LogP contribution in [0.4, 0.5) is 11.6 Å². The molecule has 2 heterocycles. The van der Waals surface area contributed by atoms with Crippen LogP contribution in [0.3, 0.4) is 0 Å². The molecule has 0 aliphatic heterocycles. The van der Waals surface area contributed by atoms with Crippen LogP contribution in [0.25, 0.3) is 0 Å². The summed E-state index contributed by atoms with van der Waals surface area (Å²) >= 11 is 0. The molecule has 0 aromatic carbocycles. The molecule has 0 aliphatic carbocycles. The molecule has 2 aromatic rings. The molecule has 0 spiro atoms. The van der Waals surface area contributed by atoms with Crippen LogP contribution in [0.1, 0.15) is 26.3 Å². The molecule has 2 aromatic heterocycles. The fourth-order valence-electron chi connectivity index (χ4n) is 2.18. The van der Waals surface area contributed by atoms with E-state index in [0.29, 0.717) is 0 Å². The molecule has 108 valence electrons. The lowest BCUT2D eigenvalue weighted by molar-refractivity contribution is 0.616. The van der Waals surface area contributed by atoms with E-state index in [1.165, 1.54) is 0 Å². The first-order valence-corrected chi connectivity index (χ1v) is 7.04. The van der Waals surface area contributed by atoms with Crippen LogP contribution in [-0.2, 0) is 13.0 Å². The summed E-state index contributed by atoms with van der Waals surface area (Å²) in [5.74, 6) is 1.83. The monoisotopic (exact) mass is 274 g/mol. The molecule has 2 rings (SSSR count). The zero-order valence-corrected chi connectivity index (χ0v) is 12.3. The number of hydrogen-bond acceptors (Lipinski definition) is 5. The largest absolute Gasteiger partial charge is 0.370 e. The van der Waals surface area contributed by atoms with Gasteiger partial charge in [-0.15, -0.1) is 0 Å². The van der Waals surface area contributed by atoms with Crippen LogP contribution in [-0.4, -0.2) is 32.1 Å². The number of hydrogen-bond donors (Lipinski definition) is 2. The van der Waals surface area contributed by atoms with Crippen molar-refractivity contribution < 1.29 is 0 Å². The summed E-state index contributed by atoms with van der Waals surface area (Å²) in [4.78, 5) is 12.7. The van der Waals surface area contributed by atoms with Crippen molar-refractivity contribution in [2.24, 2.45) is 0 Å². The maximum absolute atomic E-state index is 4.37. The highest BCUT2D eigenvalue weighted by molar-refractivity contribution is 5.57. The van der Waals surface area contributed by atoms with E-state index < -0.39 is 0 Å². The van der Waals surface area contributed by atoms with Gasteiger partial charge in [0.1, 0.15) is 18.0 Å². The minimum Gasteiger partial charge on any atom is -0.370 e. The fraction of sp³-hybridized carbons (Fsp3) is 0.500. The summed E-state index contributed by atoms with van der Waals surface area (Å²) in [6.07, 6.45) is 8.07. The van der Waals surface area contributed by atoms with Gasteiger partial charge in [0, 0.05) is 37.1 Å². The Morgan fingerprint density at radius 2 is 2.05 bits per heavy atom. The number of aromatic nitrogens is 4. The van der Waals surface area contributed by atoms with Crippen molar-refractivity contribution >= 4 is 11.6 Å². The van der Waals surface area contributed by atoms with E-state index in [9.17, 15) is 0 Å². The van der Waals surface area contributed by atoms with Crippen LogP contribution in [0, 0.1) is 0 Å². The predicted octanol–water partition coefficient (Wildman–Crippen LogP) is 2.17. The van der Waals surface area contributed by atoms with Crippen molar-refractivity contribution in [2.75, 3.05) is 17.2 Å². The standard InChI is InChI=1S/C14H22N6/c1-4-12-13(16-5-2)17-9-18-14(12)19-11(3)8-20-7-6-15-10-20/h6-7,9-11H,4-5,8H2,1-3H3,(H2,16,17,18,19). The molecule has 0 fully saturated rings. The van der Waals surface area contributed by atoms with Gasteiger partial charge in [0.05, 0.1) is 6.33 Å². The molecular weight excluding hydrogens is 252 g/mol. The molecule has 0 saturated heterocycles. The Bertz CT molecular complexity index is 522. The van der Waals surface area contributed by atoms with Crippen molar-refractivity contribution in [1.29, 1.82) is 0 Å². The third-order valence-electron chi connectivity index (χ3n) is 3.07. The van der Waals surface area contributed by atoms with Crippen molar-refractivity contribution in [3.63, 3.8) is 0 Å². The Labute approximate surface area is 119 Å². The lowest BCUT2D eigenvalue weighted by Crippen LogP contribution is -2.23. The second-order valence-electron chi connectivity index (χ2n) is 4.74. The topological polar surface area (TPSA) is 67.7 Å². The first-order valence-electron chi connectivity index (χ1n) is 7.04. The lowest BCUT2D eigenvalue weighted by atomic mass is 10.2. The van der Waals surface area contributed by atoms with Gasteiger partial charge in [-0.1, -0.05) is 6.92 Å². The zero-order valence-electron chi connectivity index (χ0n) is 12.3. The second kappa shape index (κ2) is 6.88. The van der Waals surface area contributed by atoms with Gasteiger partial charge in [0.25, 0.3) is 0 Å². The van der Waals surface area contributed by atoms with Gasteiger partial charge in [-0.2, -0.15) is 0 Å². The lowest BCUT2D eigenvalue weighted by Gasteiger charge is -2.18. The van der Waals surface area contributed by atoms with E-state index in [4.69, 9.17) is 0 Å². The quantitative estimate of drug-likeness (QED) is 0.810. The van der Waals surface area contributed by atoms with Crippen LogP contribution >= 0.6 is 0 Å². The molecule has 2 N–H and O–H groups in total. The second-order valence-corrected chi connectivity index (χ2v) is 4.74. The molecule has 1 atom stereocenters. The van der Waals surface area contributed by atoms with Gasteiger partial charge in [-0.05, 0) is 20.3 Å². The molecule has 0 amide bonds. The molecule has 0 saturated carbocycles. The average molecular weight is 274 g/mol. The van der Waals surface area contributed by atoms with Crippen molar-refractivity contribution in [3.8, 4) is 0 Å². The van der Waals surface area contributed by atoms with E-state index in [-0.39, 0.29) is 6.04 Å². The van der Waals surface area contributed by atoms with Crippen molar-refractivity contribution in [2.45, 2.75) is 39.8 Å². The highest BCUT2D eigenvalue weighted by Gasteiger charge is 2.11. The van der Waals surface area contributed by atoms with Gasteiger partial charge in [0.15, 0.2) is 0 Å². The maximum atomic E-state index is 4.37. The molecular formula is C14H22N6. The highest BCUT2D eigenvalue weighted by atomic mass is 15.1. The normalized spacial score (nSPS) is 12.2. The minimum atomic E-state index is 0.263. The van der Waals surface area contributed by atoms with E-state index in [1.54, 1.807) is 12.5 Å². The Morgan fingerprint density at radius 1 is 1.25 bits per heavy atom. The Balaban J connectivity index is 2.09. The maximum Gasteiger partial charge on any atom is 0.134 e. The van der Waals surface area contributed by atoms with Gasteiger partial charge in [0.2, 0.25) is 0 Å². The Kier molecular flexibility index (Phi) is 4.92. The van der Waals surface area contributed by atoms with Crippen molar-refractivity contribution in [3.05, 3.63) is 30.6 Å². The van der Waals surface area contributed by atoms with Crippen LogP contribution in [0.2, 0.25) is 0 Å². The van der Waals surface area contributed by atoms with E-state index in [2.05, 4.69) is 50.9 Å². The van der Waals surface area contributed by atoms with E-state index in [1.807, 2.05) is 12.5 Å². The van der Waals surface area contributed by atoms with Gasteiger partial charge < -0.3 is 15.2 Å². The highest BCUT2D eigenvalue weighted by Crippen LogP contribution is 2.21. The van der Waals surface area contributed by atoms with Crippen LogP contribution in [0.15, 0.2) is 25.0 Å². The first kappa shape index (κ1) is 14.3. The smallest absolute Gasteiger partial charge is 0.134 e. The predicted molar refractivity (Wildman–Crippen MR) is 80.9 cm³/mol. The summed E-state index contributed by atoms with van der Waals surface area (Å²) in [6, 6.07) is 0.263. The molecule has 0 bridgehead atoms.